The fourth-order valence-corrected chi connectivity index (χ4v) is 11.4. The maximum absolute atomic E-state index is 11.7. The number of hydrogen-bond acceptors (Lipinski definition) is 10. The molecule has 2 saturated carbocycles. The highest BCUT2D eigenvalue weighted by molar-refractivity contribution is 8.15. The Balaban J connectivity index is 1.44. The fourth-order valence-electron chi connectivity index (χ4n) is 6.06. The maximum Gasteiger partial charge on any atom is 0.305 e. The van der Waals surface area contributed by atoms with E-state index in [1.165, 1.54) is 11.8 Å². The Kier molecular flexibility index (Phi) is 6.09. The van der Waals surface area contributed by atoms with Crippen molar-refractivity contribution in [2.75, 3.05) is 6.54 Å². The van der Waals surface area contributed by atoms with Crippen LogP contribution in [0.25, 0.3) is 0 Å². The maximum atomic E-state index is 11.7. The van der Waals surface area contributed by atoms with Crippen molar-refractivity contribution in [1.82, 2.24) is 4.90 Å². The third-order valence-corrected chi connectivity index (χ3v) is 12.8. The van der Waals surface area contributed by atoms with Gasteiger partial charge in [-0.05, 0) is 43.9 Å². The molecule has 184 valence electrons. The van der Waals surface area contributed by atoms with E-state index in [2.05, 4.69) is 9.48 Å². The summed E-state index contributed by atoms with van der Waals surface area (Å²) in [6.07, 6.45) is 4.17. The largest absolute Gasteiger partial charge is 0.748 e. The predicted molar refractivity (Wildman–Crippen MR) is 121 cm³/mol. The Morgan fingerprint density at radius 1 is 1.03 bits per heavy atom. The number of rotatable bonds is 4. The van der Waals surface area contributed by atoms with Gasteiger partial charge in [0.05, 0.1) is 53.5 Å². The van der Waals surface area contributed by atoms with Crippen molar-refractivity contribution in [3.63, 3.8) is 0 Å². The molecule has 1 saturated heterocycles. The van der Waals surface area contributed by atoms with E-state index in [-0.39, 0.29) is 47.9 Å². The number of aliphatic carboxylic acids is 1. The SMILES string of the molecule is O=C(O)CC1C[N+]2=C(C=C3SC4CC(S(=O)(=O)[O-])CCC4N31)SC1CC(S(=O)(=O)[O-])CCC12. The molecule has 5 rings (SSSR count). The summed E-state index contributed by atoms with van der Waals surface area (Å²) in [6, 6.07) is -0.292. The lowest BCUT2D eigenvalue weighted by molar-refractivity contribution is -0.565. The number of hydrogen-bond donors (Lipinski definition) is 1. The molecule has 0 bridgehead atoms. The van der Waals surface area contributed by atoms with E-state index in [0.29, 0.717) is 32.2 Å². The number of nitrogens with zero attached hydrogens (tertiary/aromatic N) is 2. The van der Waals surface area contributed by atoms with Crippen molar-refractivity contribution < 1.29 is 40.4 Å². The van der Waals surface area contributed by atoms with Gasteiger partial charge in [-0.15, -0.1) is 11.8 Å². The summed E-state index contributed by atoms with van der Waals surface area (Å²) in [5.74, 6) is -0.920. The van der Waals surface area contributed by atoms with Crippen LogP contribution >= 0.6 is 23.5 Å². The van der Waals surface area contributed by atoms with Crippen molar-refractivity contribution in [2.24, 2.45) is 0 Å². The average molecular weight is 538 g/mol. The molecule has 0 aromatic rings. The molecular formula is C19H25N2O8S4-. The first kappa shape index (κ1) is 23.9. The van der Waals surface area contributed by atoms with Gasteiger partial charge in [0, 0.05) is 23.8 Å². The standard InChI is InChI=1S/C19H26N2O8S4/c22-19(23)5-10-9-20-13-3-1-11(32(24,25)26)6-15(13)30-17(20)8-18-21(10)14-4-2-12(33(27,28)29)7-16(14)31-18/h8,10-16H,1-7,9H2,(H2-,22,23,24,25,26,27,28,29)/p-1. The van der Waals surface area contributed by atoms with E-state index in [1.807, 2.05) is 6.08 Å². The molecule has 7 atom stereocenters. The van der Waals surface area contributed by atoms with E-state index in [0.717, 1.165) is 10.1 Å². The summed E-state index contributed by atoms with van der Waals surface area (Å²) in [6.45, 7) is 0.470. The minimum absolute atomic E-state index is 0.0219. The van der Waals surface area contributed by atoms with E-state index in [1.54, 1.807) is 11.8 Å². The second kappa shape index (κ2) is 8.40. The third-order valence-electron chi connectivity index (χ3n) is 7.53. The Bertz CT molecular complexity index is 1130. The minimum Gasteiger partial charge on any atom is -0.748 e. The first-order chi connectivity index (χ1) is 15.4. The van der Waals surface area contributed by atoms with E-state index in [9.17, 15) is 35.8 Å². The lowest BCUT2D eigenvalue weighted by atomic mass is 9.91. The zero-order chi connectivity index (χ0) is 23.7. The van der Waals surface area contributed by atoms with Crippen LogP contribution in [0.5, 0.6) is 0 Å². The first-order valence-corrected chi connectivity index (χ1v) is 15.7. The Morgan fingerprint density at radius 2 is 1.67 bits per heavy atom. The van der Waals surface area contributed by atoms with Gasteiger partial charge in [-0.2, -0.15) is 0 Å². The van der Waals surface area contributed by atoms with Crippen LogP contribution in [-0.2, 0) is 25.0 Å². The molecule has 0 radical (unpaired) electrons. The van der Waals surface area contributed by atoms with Gasteiger partial charge in [-0.1, -0.05) is 0 Å². The molecule has 0 amide bonds. The molecule has 10 nitrogen and oxygen atoms in total. The predicted octanol–water partition coefficient (Wildman–Crippen LogP) is 0.561. The van der Waals surface area contributed by atoms with Gasteiger partial charge in [0.2, 0.25) is 5.04 Å². The highest BCUT2D eigenvalue weighted by Crippen LogP contribution is 2.50. The van der Waals surface area contributed by atoms with Gasteiger partial charge >= 0.3 is 5.97 Å². The fraction of sp³-hybridized carbons (Fsp3) is 0.789. The third kappa shape index (κ3) is 4.46. The quantitative estimate of drug-likeness (QED) is 0.394. The molecule has 0 aromatic heterocycles. The zero-order valence-electron chi connectivity index (χ0n) is 17.6. The van der Waals surface area contributed by atoms with E-state index in [4.69, 9.17) is 0 Å². The van der Waals surface area contributed by atoms with Crippen LogP contribution in [0.4, 0.5) is 0 Å². The molecular weight excluding hydrogens is 512 g/mol. The summed E-state index contributed by atoms with van der Waals surface area (Å²) in [5, 5.41) is 9.52. The van der Waals surface area contributed by atoms with E-state index >= 15 is 0 Å². The van der Waals surface area contributed by atoms with Crippen molar-refractivity contribution in [1.29, 1.82) is 0 Å². The van der Waals surface area contributed by atoms with Crippen molar-refractivity contribution in [3.05, 3.63) is 11.1 Å². The van der Waals surface area contributed by atoms with Crippen LogP contribution in [0.15, 0.2) is 11.1 Å². The van der Waals surface area contributed by atoms with Gasteiger partial charge < -0.3 is 19.1 Å². The van der Waals surface area contributed by atoms with Crippen LogP contribution in [0.1, 0.15) is 44.9 Å². The number of carboxylic acids is 1. The molecule has 7 unspecified atom stereocenters. The summed E-state index contributed by atoms with van der Waals surface area (Å²) in [4.78, 5) is 13.9. The number of thioether (sulfide) groups is 2. The monoisotopic (exact) mass is 537 g/mol. The molecule has 14 heteroatoms. The van der Waals surface area contributed by atoms with Gasteiger partial charge in [0.1, 0.15) is 0 Å². The molecule has 3 fully saturated rings. The number of fused-ring (bicyclic) bond motifs is 5. The van der Waals surface area contributed by atoms with Crippen LogP contribution in [0, 0.1) is 0 Å². The van der Waals surface area contributed by atoms with Gasteiger partial charge in [0.25, 0.3) is 0 Å². The smallest absolute Gasteiger partial charge is 0.305 e. The summed E-state index contributed by atoms with van der Waals surface area (Å²) in [5.41, 5.74) is 0. The lowest BCUT2D eigenvalue weighted by Gasteiger charge is -2.39. The molecule has 5 aliphatic rings. The zero-order valence-corrected chi connectivity index (χ0v) is 20.9. The Labute approximate surface area is 201 Å². The topological polar surface area (TPSA) is 158 Å². The van der Waals surface area contributed by atoms with Crippen LogP contribution in [0.3, 0.4) is 0 Å². The van der Waals surface area contributed by atoms with Gasteiger partial charge in [0.15, 0.2) is 12.6 Å². The normalized spacial score (nSPS) is 38.7. The Morgan fingerprint density at radius 3 is 2.30 bits per heavy atom. The molecule has 0 aromatic carbocycles. The summed E-state index contributed by atoms with van der Waals surface area (Å²) < 4.78 is 71.7. The van der Waals surface area contributed by atoms with Crippen molar-refractivity contribution >= 4 is 54.8 Å². The molecule has 1 N–H and O–H groups in total. The second-order valence-electron chi connectivity index (χ2n) is 9.44. The van der Waals surface area contributed by atoms with E-state index < -0.39 is 36.7 Å². The minimum atomic E-state index is -4.37. The second-order valence-corrected chi connectivity index (χ2v) is 15.3. The van der Waals surface area contributed by atoms with Crippen LogP contribution in [-0.4, -0.2) is 97.2 Å². The van der Waals surface area contributed by atoms with Gasteiger partial charge in [-0.25, -0.2) is 21.4 Å². The Hall–Kier alpha value is -0.800. The molecule has 3 aliphatic heterocycles. The first-order valence-electron chi connectivity index (χ1n) is 11.0. The van der Waals surface area contributed by atoms with Crippen molar-refractivity contribution in [3.8, 4) is 0 Å². The van der Waals surface area contributed by atoms with Crippen molar-refractivity contribution in [2.45, 2.75) is 84.1 Å². The molecule has 33 heavy (non-hydrogen) atoms. The summed E-state index contributed by atoms with van der Waals surface area (Å²) in [7, 11) is -8.72. The van der Waals surface area contributed by atoms with Crippen LogP contribution in [0.2, 0.25) is 0 Å². The summed E-state index contributed by atoms with van der Waals surface area (Å²) >= 11 is 3.06. The highest BCUT2D eigenvalue weighted by Gasteiger charge is 2.53. The molecule has 0 spiro atoms. The highest BCUT2D eigenvalue weighted by atomic mass is 32.2. The lowest BCUT2D eigenvalue weighted by Crippen LogP contribution is -2.50. The molecule has 3 heterocycles. The average Bonchev–Trinajstić information content (AvgIpc) is 3.18. The van der Waals surface area contributed by atoms with Gasteiger partial charge in [-0.3, -0.25) is 4.79 Å². The van der Waals surface area contributed by atoms with Crippen LogP contribution < -0.4 is 0 Å². The number of carbonyl (C=O) groups is 1. The number of carboxylic acid groups (broad SMARTS) is 1. The molecule has 2 aliphatic carbocycles.